The lowest BCUT2D eigenvalue weighted by atomic mass is 9.84. The molecule has 0 aromatic heterocycles. The second-order valence-electron chi connectivity index (χ2n) is 9.50. The van der Waals surface area contributed by atoms with Crippen molar-refractivity contribution < 1.29 is 38.4 Å². The molecule has 0 aliphatic rings. The van der Waals surface area contributed by atoms with Gasteiger partial charge in [0.05, 0.1) is 38.4 Å². The van der Waals surface area contributed by atoms with E-state index in [0.29, 0.717) is 0 Å². The minimum Gasteiger partial charge on any atom is -0.0622 e. The molecule has 0 amide bonds. The van der Waals surface area contributed by atoms with Crippen LogP contribution in [0.2, 0.25) is 0 Å². The van der Waals surface area contributed by atoms with Crippen molar-refractivity contribution in [2.45, 2.75) is 0 Å². The fraction of sp³-hybridized carbons (Fsp3) is 0. The summed E-state index contributed by atoms with van der Waals surface area (Å²) in [5.74, 6) is 0. The van der Waals surface area contributed by atoms with E-state index in [1.807, 2.05) is 0 Å². The molecule has 0 N–H and O–H groups in total. The van der Waals surface area contributed by atoms with Crippen molar-refractivity contribution in [2.24, 2.45) is 0 Å². The van der Waals surface area contributed by atoms with Gasteiger partial charge in [-0.25, -0.2) is 0 Å². The molecule has 0 bridgehead atoms. The molecule has 9 rings (SSSR count). The molecular weight excluding hydrogens is 528 g/mol. The van der Waals surface area contributed by atoms with E-state index in [0.717, 1.165) is 0 Å². The maximum absolute atomic E-state index is 10.1. The molecule has 0 spiro atoms. The van der Waals surface area contributed by atoms with Crippen molar-refractivity contribution in [1.82, 2.24) is 0 Å². The second-order valence-corrected chi connectivity index (χ2v) is 9.50. The summed E-state index contributed by atoms with van der Waals surface area (Å²) >= 11 is 0. The molecule has 9 aromatic carbocycles. The second kappa shape index (κ2) is 9.93. The van der Waals surface area contributed by atoms with Crippen LogP contribution in [0.5, 0.6) is 0 Å². The fourth-order valence-electron chi connectivity index (χ4n) is 5.25. The van der Waals surface area contributed by atoms with Gasteiger partial charge in [-0.3, -0.25) is 0 Å². The molecule has 0 atom stereocenters. The molecule has 0 saturated carbocycles. The van der Waals surface area contributed by atoms with Gasteiger partial charge in [0.1, 0.15) is 0 Å². The van der Waals surface area contributed by atoms with Crippen LogP contribution in [0.1, 0.15) is 38.4 Å². The zero-order valence-corrected chi connectivity index (χ0v) is 22.0. The Balaban J connectivity index is 1.70. The molecule has 0 heteroatoms. The van der Waals surface area contributed by atoms with Gasteiger partial charge >= 0.3 is 0 Å². The Morgan fingerprint density at radius 1 is 0.273 bits per heavy atom. The van der Waals surface area contributed by atoms with Gasteiger partial charge in [0.15, 0.2) is 0 Å². The van der Waals surface area contributed by atoms with E-state index in [1.165, 1.54) is 0 Å². The van der Waals surface area contributed by atoms with Crippen molar-refractivity contribution in [3.05, 3.63) is 169 Å². The van der Waals surface area contributed by atoms with Crippen molar-refractivity contribution >= 4 is 53.9 Å². The van der Waals surface area contributed by atoms with Gasteiger partial charge in [-0.1, -0.05) is 157 Å². The molecule has 0 saturated heterocycles. The molecular formula is C44H28. The van der Waals surface area contributed by atoms with Crippen LogP contribution in [0.15, 0.2) is 169 Å². The van der Waals surface area contributed by atoms with E-state index in [-0.39, 0.29) is 0 Å². The fourth-order valence-corrected chi connectivity index (χ4v) is 5.25. The van der Waals surface area contributed by atoms with E-state index in [4.69, 9.17) is 26.0 Å². The molecule has 44 heavy (non-hydrogen) atoms. The standard InChI is InChI=1S/C44H28/c1-2-13-31(14-3-1)43-39-18-8-9-19-40(39)44(34-24-25-38-32(27-34)22-21-30-12-5-7-17-36(30)38)42-28-33(23-26-41(42)43)37-20-10-15-29-11-4-6-16-35(29)37/h1-28H/i1D,2D,3D,4D,5D,6D,7D,8D,9D,10D,11D,12D,13D,14D,15D,16D,17D,18D,19D,20D,21D,22D,23D,24D,25D,26D,27D,28D. The first-order chi connectivity index (χ1) is 33.5. The summed E-state index contributed by atoms with van der Waals surface area (Å²) < 4.78 is 252. The highest BCUT2D eigenvalue weighted by atomic mass is 14.2. The molecule has 0 nitrogen and oxygen atoms in total. The first-order valence-electron chi connectivity index (χ1n) is 27.0. The zero-order chi connectivity index (χ0) is 53.4. The SMILES string of the molecule is [2H]c1c([2H])c([2H])c(-c2c3c([2H])c([2H])c([2H])c([2H])c3c(-c3c([2H])c([2H])c4c(c3[2H])c([2H])c([2H])c3c([2H])c([2H])c([2H])c([2H])c34)c3c([2H])c(-c4c([2H])c([2H])c([2H])c5c([2H])c([2H])c([2H])c([2H])c45)c([2H])c([2H])c23)c([2H])c1[2H]. The smallest absolute Gasteiger partial charge is 0.0622 e. The lowest BCUT2D eigenvalue weighted by molar-refractivity contribution is 1.65. The number of hydrogen-bond acceptors (Lipinski definition) is 0. The number of rotatable bonds is 3. The van der Waals surface area contributed by atoms with E-state index >= 15 is 0 Å². The predicted octanol–water partition coefficient (Wildman–Crippen LogP) is 12.5. The van der Waals surface area contributed by atoms with Crippen LogP contribution in [0.4, 0.5) is 0 Å². The molecule has 0 fully saturated rings. The molecule has 0 heterocycles. The normalized spacial score (nSPS) is 20.5. The average molecular weight is 585 g/mol. The summed E-state index contributed by atoms with van der Waals surface area (Å²) in [7, 11) is 0. The summed E-state index contributed by atoms with van der Waals surface area (Å²) in [6, 6.07) is -26.8. The van der Waals surface area contributed by atoms with Crippen LogP contribution in [-0.2, 0) is 0 Å². The van der Waals surface area contributed by atoms with Gasteiger partial charge in [-0.2, -0.15) is 0 Å². The minimum absolute atomic E-state index is 0.539. The monoisotopic (exact) mass is 584 g/mol. The first kappa shape index (κ1) is 9.64. The van der Waals surface area contributed by atoms with E-state index < -0.39 is 256 Å². The molecule has 0 radical (unpaired) electrons. The maximum atomic E-state index is 10.1. The summed E-state index contributed by atoms with van der Waals surface area (Å²) in [5, 5.41) is -6.94. The van der Waals surface area contributed by atoms with Crippen LogP contribution >= 0.6 is 0 Å². The van der Waals surface area contributed by atoms with Gasteiger partial charge in [0, 0.05) is 0 Å². The number of hydrogen-bond donors (Lipinski definition) is 0. The Hall–Kier alpha value is -5.72. The molecule has 9 aromatic rings. The van der Waals surface area contributed by atoms with Crippen molar-refractivity contribution in [2.75, 3.05) is 0 Å². The molecule has 204 valence electrons. The highest BCUT2D eigenvalue weighted by Gasteiger charge is 2.18. The van der Waals surface area contributed by atoms with Gasteiger partial charge in [-0.15, -0.1) is 0 Å². The minimum atomic E-state index is -1.11. The van der Waals surface area contributed by atoms with Crippen molar-refractivity contribution in [3.63, 3.8) is 0 Å². The average Bonchev–Trinajstić information content (AvgIpc) is 3.34. The third-order valence-corrected chi connectivity index (χ3v) is 7.12. The Morgan fingerprint density at radius 3 is 1.59 bits per heavy atom. The largest absolute Gasteiger partial charge is 0.0636 e. The Bertz CT molecular complexity index is 4080. The highest BCUT2D eigenvalue weighted by Crippen LogP contribution is 2.46. The molecule has 0 aliphatic carbocycles. The van der Waals surface area contributed by atoms with E-state index in [1.54, 1.807) is 0 Å². The summed E-state index contributed by atoms with van der Waals surface area (Å²) in [4.78, 5) is 0. The predicted molar refractivity (Wildman–Crippen MR) is 190 cm³/mol. The number of benzene rings is 9. The highest BCUT2D eigenvalue weighted by molar-refractivity contribution is 6.23. The van der Waals surface area contributed by atoms with Gasteiger partial charge < -0.3 is 0 Å². The van der Waals surface area contributed by atoms with Gasteiger partial charge in [0.25, 0.3) is 0 Å². The van der Waals surface area contributed by atoms with Crippen LogP contribution in [-0.4, -0.2) is 0 Å². The topological polar surface area (TPSA) is 0 Å². The third-order valence-electron chi connectivity index (χ3n) is 7.12. The van der Waals surface area contributed by atoms with Crippen molar-refractivity contribution in [3.8, 4) is 33.4 Å². The Labute approximate surface area is 295 Å². The quantitative estimate of drug-likeness (QED) is 0.143. The Kier molecular flexibility index (Phi) is 2.18. The molecule has 0 unspecified atom stereocenters. The lowest BCUT2D eigenvalue weighted by Crippen LogP contribution is -1.92. The van der Waals surface area contributed by atoms with Crippen LogP contribution < -0.4 is 0 Å². The summed E-state index contributed by atoms with van der Waals surface area (Å²) in [6.45, 7) is 0. The van der Waals surface area contributed by atoms with Crippen LogP contribution in [0, 0.1) is 0 Å². The van der Waals surface area contributed by atoms with Crippen LogP contribution in [0.25, 0.3) is 87.2 Å². The zero-order valence-electron chi connectivity index (χ0n) is 50.0. The van der Waals surface area contributed by atoms with Gasteiger partial charge in [0.2, 0.25) is 0 Å². The summed E-state index contributed by atoms with van der Waals surface area (Å²) in [5.41, 5.74) is -4.99. The first-order valence-corrected chi connectivity index (χ1v) is 13.0. The van der Waals surface area contributed by atoms with E-state index in [2.05, 4.69) is 0 Å². The lowest BCUT2D eigenvalue weighted by Gasteiger charge is -2.19. The van der Waals surface area contributed by atoms with Crippen molar-refractivity contribution in [1.29, 1.82) is 0 Å². The maximum Gasteiger partial charge on any atom is 0.0636 e. The van der Waals surface area contributed by atoms with Crippen LogP contribution in [0.3, 0.4) is 0 Å². The van der Waals surface area contributed by atoms with Gasteiger partial charge in [-0.05, 0) is 99.3 Å². The van der Waals surface area contributed by atoms with E-state index in [9.17, 15) is 12.3 Å². The summed E-state index contributed by atoms with van der Waals surface area (Å²) in [6.07, 6.45) is 0. The third kappa shape index (κ3) is 3.85. The Morgan fingerprint density at radius 2 is 0.795 bits per heavy atom. The number of fused-ring (bicyclic) bond motifs is 6. The molecule has 0 aliphatic heterocycles.